The number of hydrogen-bond acceptors (Lipinski definition) is 4. The van der Waals surface area contributed by atoms with E-state index in [2.05, 4.69) is 10.5 Å². The summed E-state index contributed by atoms with van der Waals surface area (Å²) in [6.45, 7) is 1.85. The predicted octanol–water partition coefficient (Wildman–Crippen LogP) is 3.72. The number of hydrazone groups is 1. The lowest BCUT2D eigenvalue weighted by Gasteiger charge is -2.05. The van der Waals surface area contributed by atoms with E-state index in [0.29, 0.717) is 6.42 Å². The summed E-state index contributed by atoms with van der Waals surface area (Å²) in [6.07, 6.45) is 0.425. The third-order valence-electron chi connectivity index (χ3n) is 3.18. The second kappa shape index (κ2) is 9.00. The highest BCUT2D eigenvalue weighted by Gasteiger charge is 2.03. The van der Waals surface area contributed by atoms with Gasteiger partial charge < -0.3 is 4.74 Å². The first kappa shape index (κ1) is 17.1. The van der Waals surface area contributed by atoms with Crippen molar-refractivity contribution < 1.29 is 9.53 Å². The summed E-state index contributed by atoms with van der Waals surface area (Å²) in [5.41, 5.74) is 4.26. The summed E-state index contributed by atoms with van der Waals surface area (Å²) < 4.78 is 5.18. The van der Waals surface area contributed by atoms with E-state index in [-0.39, 0.29) is 5.91 Å². The van der Waals surface area contributed by atoms with E-state index in [1.54, 1.807) is 18.9 Å². The lowest BCUT2D eigenvalue weighted by molar-refractivity contribution is -0.120. The highest BCUT2D eigenvalue weighted by molar-refractivity contribution is 7.99. The fourth-order valence-electron chi connectivity index (χ4n) is 1.89. The largest absolute Gasteiger partial charge is 0.497 e. The number of rotatable bonds is 7. The van der Waals surface area contributed by atoms with Crippen molar-refractivity contribution in [3.05, 3.63) is 60.2 Å². The molecule has 4 nitrogen and oxygen atoms in total. The van der Waals surface area contributed by atoms with Crippen molar-refractivity contribution in [2.24, 2.45) is 5.10 Å². The van der Waals surface area contributed by atoms with Crippen LogP contribution in [-0.2, 0) is 4.79 Å². The van der Waals surface area contributed by atoms with E-state index < -0.39 is 0 Å². The number of hydrogen-bond donors (Lipinski definition) is 1. The minimum Gasteiger partial charge on any atom is -0.497 e. The van der Waals surface area contributed by atoms with Gasteiger partial charge in [0.1, 0.15) is 5.75 Å². The Labute approximate surface area is 140 Å². The Kier molecular flexibility index (Phi) is 6.69. The SMILES string of the molecule is COc1cccc(/C(C)=N\NC(=O)CCSc2ccccc2)c1. The standard InChI is InChI=1S/C18H20N2O2S/c1-14(15-7-6-8-16(13-15)22-2)19-20-18(21)11-12-23-17-9-4-3-5-10-17/h3-10,13H,11-12H2,1-2H3,(H,20,21)/b19-14-. The van der Waals surface area contributed by atoms with Crippen molar-refractivity contribution in [2.75, 3.05) is 12.9 Å². The maximum atomic E-state index is 11.8. The van der Waals surface area contributed by atoms with Gasteiger partial charge in [0.05, 0.1) is 12.8 Å². The normalized spacial score (nSPS) is 11.1. The third-order valence-corrected chi connectivity index (χ3v) is 4.19. The molecule has 0 spiro atoms. The summed E-state index contributed by atoms with van der Waals surface area (Å²) in [4.78, 5) is 13.0. The van der Waals surface area contributed by atoms with Gasteiger partial charge >= 0.3 is 0 Å². The molecule has 0 aliphatic rings. The van der Waals surface area contributed by atoms with E-state index in [4.69, 9.17) is 4.74 Å². The van der Waals surface area contributed by atoms with Crippen molar-refractivity contribution in [1.82, 2.24) is 5.43 Å². The number of nitrogens with zero attached hydrogens (tertiary/aromatic N) is 1. The topological polar surface area (TPSA) is 50.7 Å². The van der Waals surface area contributed by atoms with Crippen molar-refractivity contribution in [3.8, 4) is 5.75 Å². The zero-order valence-electron chi connectivity index (χ0n) is 13.3. The van der Waals surface area contributed by atoms with Crippen molar-refractivity contribution in [2.45, 2.75) is 18.2 Å². The fraction of sp³-hybridized carbons (Fsp3) is 0.222. The minimum atomic E-state index is -0.0873. The Hall–Kier alpha value is -2.27. The van der Waals surface area contributed by atoms with Crippen molar-refractivity contribution >= 4 is 23.4 Å². The number of nitrogens with one attached hydrogen (secondary N) is 1. The Morgan fingerprint density at radius 3 is 2.70 bits per heavy atom. The summed E-state index contributed by atoms with van der Waals surface area (Å²) >= 11 is 1.66. The molecular formula is C18H20N2O2S. The zero-order chi connectivity index (χ0) is 16.5. The molecule has 0 aromatic heterocycles. The average Bonchev–Trinajstić information content (AvgIpc) is 2.60. The molecule has 0 aliphatic carbocycles. The number of methoxy groups -OCH3 is 1. The van der Waals surface area contributed by atoms with Gasteiger partial charge in [-0.1, -0.05) is 30.3 Å². The average molecular weight is 328 g/mol. The molecule has 120 valence electrons. The molecule has 0 aliphatic heterocycles. The molecule has 2 rings (SSSR count). The van der Waals surface area contributed by atoms with Crippen LogP contribution >= 0.6 is 11.8 Å². The lowest BCUT2D eigenvalue weighted by atomic mass is 10.1. The zero-order valence-corrected chi connectivity index (χ0v) is 14.1. The van der Waals surface area contributed by atoms with Crippen LogP contribution in [0.4, 0.5) is 0 Å². The second-order valence-corrected chi connectivity index (χ2v) is 6.04. The maximum Gasteiger partial charge on any atom is 0.240 e. The van der Waals surface area contributed by atoms with Crippen LogP contribution in [0.15, 0.2) is 64.6 Å². The van der Waals surface area contributed by atoms with E-state index in [1.807, 2.05) is 61.5 Å². The molecule has 1 amide bonds. The van der Waals surface area contributed by atoms with Crippen LogP contribution < -0.4 is 10.2 Å². The molecule has 2 aromatic rings. The third kappa shape index (κ3) is 5.79. The smallest absolute Gasteiger partial charge is 0.240 e. The first-order valence-corrected chi connectivity index (χ1v) is 8.33. The van der Waals surface area contributed by atoms with Crippen molar-refractivity contribution in [3.63, 3.8) is 0 Å². The van der Waals surface area contributed by atoms with Crippen LogP contribution in [0, 0.1) is 0 Å². The van der Waals surface area contributed by atoms with Crippen LogP contribution in [-0.4, -0.2) is 24.5 Å². The van der Waals surface area contributed by atoms with Crippen LogP contribution in [0.2, 0.25) is 0 Å². The first-order valence-electron chi connectivity index (χ1n) is 7.34. The minimum absolute atomic E-state index is 0.0873. The van der Waals surface area contributed by atoms with E-state index in [1.165, 1.54) is 0 Å². The maximum absolute atomic E-state index is 11.8. The Morgan fingerprint density at radius 1 is 1.17 bits per heavy atom. The summed E-state index contributed by atoms with van der Waals surface area (Å²) in [7, 11) is 1.62. The van der Waals surface area contributed by atoms with E-state index in [0.717, 1.165) is 27.7 Å². The Morgan fingerprint density at radius 2 is 1.96 bits per heavy atom. The number of ether oxygens (including phenoxy) is 1. The molecule has 0 atom stereocenters. The Balaban J connectivity index is 1.80. The highest BCUT2D eigenvalue weighted by atomic mass is 32.2. The molecule has 0 radical (unpaired) electrons. The molecule has 0 unspecified atom stereocenters. The van der Waals surface area contributed by atoms with Crippen LogP contribution in [0.1, 0.15) is 18.9 Å². The monoisotopic (exact) mass is 328 g/mol. The fourth-order valence-corrected chi connectivity index (χ4v) is 2.77. The molecule has 0 fully saturated rings. The van der Waals surface area contributed by atoms with Crippen LogP contribution in [0.25, 0.3) is 0 Å². The molecule has 0 saturated heterocycles. The van der Waals surface area contributed by atoms with Gasteiger partial charge in [0.25, 0.3) is 0 Å². The number of carbonyl (C=O) groups excluding carboxylic acids is 1. The molecule has 23 heavy (non-hydrogen) atoms. The molecule has 5 heteroatoms. The lowest BCUT2D eigenvalue weighted by Crippen LogP contribution is -2.19. The highest BCUT2D eigenvalue weighted by Crippen LogP contribution is 2.17. The van der Waals surface area contributed by atoms with Gasteiger partial charge in [-0.25, -0.2) is 5.43 Å². The van der Waals surface area contributed by atoms with E-state index in [9.17, 15) is 4.79 Å². The first-order chi connectivity index (χ1) is 11.2. The second-order valence-electron chi connectivity index (χ2n) is 4.88. The quantitative estimate of drug-likeness (QED) is 0.479. The number of benzene rings is 2. The van der Waals surface area contributed by atoms with Gasteiger partial charge in [0, 0.05) is 22.6 Å². The predicted molar refractivity (Wildman–Crippen MR) is 95.1 cm³/mol. The van der Waals surface area contributed by atoms with Crippen LogP contribution in [0.5, 0.6) is 5.75 Å². The molecule has 0 saturated carbocycles. The van der Waals surface area contributed by atoms with Gasteiger partial charge in [-0.05, 0) is 31.2 Å². The van der Waals surface area contributed by atoms with Crippen molar-refractivity contribution in [1.29, 1.82) is 0 Å². The Bertz CT molecular complexity index is 672. The van der Waals surface area contributed by atoms with Crippen LogP contribution in [0.3, 0.4) is 0 Å². The number of amides is 1. The van der Waals surface area contributed by atoms with Gasteiger partial charge in [-0.3, -0.25) is 4.79 Å². The van der Waals surface area contributed by atoms with Gasteiger partial charge in [0.2, 0.25) is 5.91 Å². The molecule has 1 N–H and O–H groups in total. The van der Waals surface area contributed by atoms with Gasteiger partial charge in [-0.2, -0.15) is 5.10 Å². The molecular weight excluding hydrogens is 308 g/mol. The van der Waals surface area contributed by atoms with E-state index >= 15 is 0 Å². The number of carbonyl (C=O) groups is 1. The molecule has 2 aromatic carbocycles. The summed E-state index contributed by atoms with van der Waals surface area (Å²) in [5.74, 6) is 1.40. The molecule has 0 heterocycles. The summed E-state index contributed by atoms with van der Waals surface area (Å²) in [5, 5.41) is 4.15. The summed E-state index contributed by atoms with van der Waals surface area (Å²) in [6, 6.07) is 17.6. The molecule has 0 bridgehead atoms. The number of thioether (sulfide) groups is 1. The van der Waals surface area contributed by atoms with Gasteiger partial charge in [-0.15, -0.1) is 11.8 Å². The van der Waals surface area contributed by atoms with Gasteiger partial charge in [0.15, 0.2) is 0 Å².